The molecule has 88 valence electrons. The third-order valence-electron chi connectivity index (χ3n) is 2.64. The summed E-state index contributed by atoms with van der Waals surface area (Å²) in [5, 5.41) is 20.4. The summed E-state index contributed by atoms with van der Waals surface area (Å²) in [5.74, 6) is -0.456. The number of nitrogens with two attached hydrogens (primary N) is 1. The van der Waals surface area contributed by atoms with E-state index in [-0.39, 0.29) is 11.7 Å². The van der Waals surface area contributed by atoms with Crippen molar-refractivity contribution in [2.45, 2.75) is 20.3 Å². The van der Waals surface area contributed by atoms with E-state index < -0.39 is 5.41 Å². The molecule has 1 rings (SSSR count). The second kappa shape index (κ2) is 4.65. The van der Waals surface area contributed by atoms with Gasteiger partial charge >= 0.3 is 0 Å². The molecule has 0 aliphatic carbocycles. The van der Waals surface area contributed by atoms with Crippen molar-refractivity contribution in [1.82, 2.24) is 10.2 Å². The van der Waals surface area contributed by atoms with Gasteiger partial charge in [-0.05, 0) is 13.3 Å². The second-order valence-corrected chi connectivity index (χ2v) is 3.61. The lowest BCUT2D eigenvalue weighted by Gasteiger charge is -2.24. The first-order valence-electron chi connectivity index (χ1n) is 4.82. The van der Waals surface area contributed by atoms with Gasteiger partial charge in [-0.1, -0.05) is 12.1 Å². The Morgan fingerprint density at radius 2 is 2.50 bits per heavy atom. The number of carbonyl (C=O) groups excluding carboxylic acids is 1. The molecule has 0 spiro atoms. The van der Waals surface area contributed by atoms with Gasteiger partial charge in [-0.25, -0.2) is 0 Å². The van der Waals surface area contributed by atoms with Gasteiger partial charge in [0.25, 0.3) is 0 Å². The molecule has 5 N–H and O–H groups in total. The number of amidine groups is 1. The average Bonchev–Trinajstić information content (AvgIpc) is 2.79. The Hall–Kier alpha value is -2.05. The number of hydrogen-bond donors (Lipinski definition) is 4. The maximum Gasteiger partial charge on any atom is 0.238 e. The number of aromatic amines is 1. The Bertz CT molecular complexity index is 387. The number of rotatable bonds is 4. The second-order valence-electron chi connectivity index (χ2n) is 3.61. The van der Waals surface area contributed by atoms with Gasteiger partial charge in [0.1, 0.15) is 5.41 Å². The van der Waals surface area contributed by atoms with E-state index in [1.54, 1.807) is 20.0 Å². The largest absolute Gasteiger partial charge is 0.409 e. The van der Waals surface area contributed by atoms with E-state index in [0.717, 1.165) is 0 Å². The van der Waals surface area contributed by atoms with E-state index in [1.807, 2.05) is 0 Å². The molecule has 1 aromatic rings. The molecular weight excluding hydrogens is 210 g/mol. The monoisotopic (exact) mass is 225 g/mol. The van der Waals surface area contributed by atoms with Gasteiger partial charge in [0.15, 0.2) is 5.84 Å². The highest BCUT2D eigenvalue weighted by atomic mass is 16.4. The van der Waals surface area contributed by atoms with Crippen molar-refractivity contribution in [1.29, 1.82) is 0 Å². The van der Waals surface area contributed by atoms with Gasteiger partial charge in [-0.15, -0.1) is 0 Å². The molecule has 1 unspecified atom stereocenters. The van der Waals surface area contributed by atoms with Crippen LogP contribution in [0.5, 0.6) is 0 Å². The number of anilines is 1. The standard InChI is InChI=1S/C9H15N5O2/c1-3-9(2,7(10)14-16)8(15)13-6-4-11-12-5-6/h4-5,16H,3H2,1-2H3,(H2,10,14)(H,11,12)(H,13,15). The smallest absolute Gasteiger partial charge is 0.238 e. The topological polar surface area (TPSA) is 116 Å². The lowest BCUT2D eigenvalue weighted by Crippen LogP contribution is -2.44. The van der Waals surface area contributed by atoms with Gasteiger partial charge < -0.3 is 16.3 Å². The van der Waals surface area contributed by atoms with Crippen LogP contribution >= 0.6 is 0 Å². The van der Waals surface area contributed by atoms with Crippen LogP contribution in [0.15, 0.2) is 17.5 Å². The van der Waals surface area contributed by atoms with E-state index in [9.17, 15) is 4.79 Å². The first-order valence-corrected chi connectivity index (χ1v) is 4.82. The minimum absolute atomic E-state index is 0.115. The molecule has 1 heterocycles. The summed E-state index contributed by atoms with van der Waals surface area (Å²) in [7, 11) is 0. The molecule has 1 amide bonds. The van der Waals surface area contributed by atoms with Crippen molar-refractivity contribution >= 4 is 17.4 Å². The van der Waals surface area contributed by atoms with Crippen molar-refractivity contribution in [3.8, 4) is 0 Å². The summed E-state index contributed by atoms with van der Waals surface area (Å²) in [4.78, 5) is 11.9. The summed E-state index contributed by atoms with van der Waals surface area (Å²) in [6.45, 7) is 3.39. The number of amides is 1. The number of aromatic nitrogens is 2. The highest BCUT2D eigenvalue weighted by molar-refractivity contribution is 6.11. The predicted molar refractivity (Wildman–Crippen MR) is 59.0 cm³/mol. The van der Waals surface area contributed by atoms with Crippen LogP contribution in [0.1, 0.15) is 20.3 Å². The number of nitrogens with zero attached hydrogens (tertiary/aromatic N) is 2. The van der Waals surface area contributed by atoms with Gasteiger partial charge in [0.2, 0.25) is 5.91 Å². The molecule has 0 bridgehead atoms. The Morgan fingerprint density at radius 1 is 1.81 bits per heavy atom. The zero-order chi connectivity index (χ0) is 12.2. The van der Waals surface area contributed by atoms with E-state index in [2.05, 4.69) is 20.7 Å². The fraction of sp³-hybridized carbons (Fsp3) is 0.444. The molecule has 0 aliphatic heterocycles. The summed E-state index contributed by atoms with van der Waals surface area (Å²) >= 11 is 0. The maximum atomic E-state index is 11.9. The van der Waals surface area contributed by atoms with E-state index in [1.165, 1.54) is 6.20 Å². The van der Waals surface area contributed by atoms with Crippen LogP contribution < -0.4 is 11.1 Å². The molecule has 16 heavy (non-hydrogen) atoms. The van der Waals surface area contributed by atoms with Gasteiger partial charge in [0.05, 0.1) is 11.9 Å². The Kier molecular flexibility index (Phi) is 3.49. The minimum atomic E-state index is -1.04. The fourth-order valence-electron chi connectivity index (χ4n) is 1.16. The fourth-order valence-corrected chi connectivity index (χ4v) is 1.16. The molecule has 0 aliphatic rings. The Morgan fingerprint density at radius 3 is 2.94 bits per heavy atom. The molecule has 0 radical (unpaired) electrons. The molecule has 1 aromatic heterocycles. The van der Waals surface area contributed by atoms with Gasteiger partial charge in [-0.2, -0.15) is 5.10 Å². The predicted octanol–water partition coefficient (Wildman–Crippen LogP) is 0.511. The highest BCUT2D eigenvalue weighted by Gasteiger charge is 2.36. The van der Waals surface area contributed by atoms with Crippen molar-refractivity contribution in [3.05, 3.63) is 12.4 Å². The Balaban J connectivity index is 2.85. The van der Waals surface area contributed by atoms with E-state index >= 15 is 0 Å². The molecule has 0 saturated heterocycles. The zero-order valence-corrected chi connectivity index (χ0v) is 9.19. The zero-order valence-electron chi connectivity index (χ0n) is 9.19. The maximum absolute atomic E-state index is 11.9. The summed E-state index contributed by atoms with van der Waals surface area (Å²) in [6, 6.07) is 0. The molecule has 0 aromatic carbocycles. The van der Waals surface area contributed by atoms with Crippen molar-refractivity contribution in [2.24, 2.45) is 16.3 Å². The van der Waals surface area contributed by atoms with E-state index in [0.29, 0.717) is 12.1 Å². The van der Waals surface area contributed by atoms with Crippen LogP contribution in [-0.4, -0.2) is 27.1 Å². The number of hydrogen-bond acceptors (Lipinski definition) is 4. The number of H-pyrrole nitrogens is 1. The van der Waals surface area contributed by atoms with Crippen LogP contribution in [0.4, 0.5) is 5.69 Å². The Labute approximate surface area is 92.7 Å². The molecule has 7 nitrogen and oxygen atoms in total. The summed E-state index contributed by atoms with van der Waals surface area (Å²) in [5.41, 5.74) is 5.01. The molecular formula is C9H15N5O2. The van der Waals surface area contributed by atoms with Crippen molar-refractivity contribution < 1.29 is 10.0 Å². The average molecular weight is 225 g/mol. The first-order chi connectivity index (χ1) is 7.54. The van der Waals surface area contributed by atoms with Gasteiger partial charge in [-0.3, -0.25) is 9.89 Å². The molecule has 0 fully saturated rings. The number of carbonyl (C=O) groups is 1. The molecule has 1 atom stereocenters. The van der Waals surface area contributed by atoms with Crippen molar-refractivity contribution in [2.75, 3.05) is 5.32 Å². The van der Waals surface area contributed by atoms with Crippen LogP contribution in [0, 0.1) is 5.41 Å². The third-order valence-corrected chi connectivity index (χ3v) is 2.64. The number of nitrogens with one attached hydrogen (secondary N) is 2. The third kappa shape index (κ3) is 2.13. The van der Waals surface area contributed by atoms with Crippen LogP contribution in [0.2, 0.25) is 0 Å². The lowest BCUT2D eigenvalue weighted by atomic mass is 9.85. The minimum Gasteiger partial charge on any atom is -0.409 e. The highest BCUT2D eigenvalue weighted by Crippen LogP contribution is 2.23. The summed E-state index contributed by atoms with van der Waals surface area (Å²) < 4.78 is 0. The van der Waals surface area contributed by atoms with E-state index in [4.69, 9.17) is 10.9 Å². The quantitative estimate of drug-likeness (QED) is 0.258. The van der Waals surface area contributed by atoms with Crippen LogP contribution in [-0.2, 0) is 4.79 Å². The number of oxime groups is 1. The van der Waals surface area contributed by atoms with Crippen LogP contribution in [0.3, 0.4) is 0 Å². The molecule has 0 saturated carbocycles. The summed E-state index contributed by atoms with van der Waals surface area (Å²) in [6.07, 6.45) is 3.44. The van der Waals surface area contributed by atoms with Crippen LogP contribution in [0.25, 0.3) is 0 Å². The SMILES string of the molecule is CCC(C)(C(=O)Nc1cn[nH]c1)C(N)=NO. The lowest BCUT2D eigenvalue weighted by molar-refractivity contribution is -0.121. The normalized spacial score (nSPS) is 15.5. The molecule has 7 heteroatoms. The van der Waals surface area contributed by atoms with Crippen molar-refractivity contribution in [3.63, 3.8) is 0 Å². The first kappa shape index (κ1) is 12.0. The van der Waals surface area contributed by atoms with Gasteiger partial charge in [0, 0.05) is 6.20 Å².